The summed E-state index contributed by atoms with van der Waals surface area (Å²) in [6.45, 7) is 3.74. The molecule has 1 saturated carbocycles. The van der Waals surface area contributed by atoms with Gasteiger partial charge in [-0.15, -0.1) is 0 Å². The number of aromatic nitrogens is 2. The van der Waals surface area contributed by atoms with Crippen molar-refractivity contribution in [3.05, 3.63) is 17.5 Å². The number of carbonyl (C=O) groups is 2. The Labute approximate surface area is 117 Å². The minimum absolute atomic E-state index is 0.0193. The topological polar surface area (TPSA) is 96.3 Å². The van der Waals surface area contributed by atoms with Gasteiger partial charge in [0.2, 0.25) is 0 Å². The van der Waals surface area contributed by atoms with E-state index in [0.29, 0.717) is 6.54 Å². The maximum Gasteiger partial charge on any atom is 0.329 e. The summed E-state index contributed by atoms with van der Waals surface area (Å²) >= 11 is 0. The quantitative estimate of drug-likeness (QED) is 0.742. The lowest BCUT2D eigenvalue weighted by molar-refractivity contribution is -0.144. The van der Waals surface area contributed by atoms with Crippen LogP contribution in [0.1, 0.15) is 31.0 Å². The lowest BCUT2D eigenvalue weighted by Gasteiger charge is -2.26. The average molecular weight is 280 g/mol. The summed E-state index contributed by atoms with van der Waals surface area (Å²) < 4.78 is 1.68. The van der Waals surface area contributed by atoms with Gasteiger partial charge in [-0.2, -0.15) is 5.10 Å². The molecule has 7 heteroatoms. The van der Waals surface area contributed by atoms with Crippen LogP contribution in [0.3, 0.4) is 0 Å². The number of aliphatic carboxylic acids is 1. The Hall–Kier alpha value is -2.05. The Bertz CT molecular complexity index is 536. The van der Waals surface area contributed by atoms with E-state index in [0.717, 1.165) is 24.1 Å². The highest BCUT2D eigenvalue weighted by atomic mass is 16.4. The molecule has 1 aliphatic carbocycles. The van der Waals surface area contributed by atoms with Crippen molar-refractivity contribution in [2.75, 3.05) is 0 Å². The molecule has 110 valence electrons. The molecule has 0 aliphatic heterocycles. The molecule has 1 fully saturated rings. The van der Waals surface area contributed by atoms with Crippen LogP contribution in [-0.2, 0) is 18.4 Å². The molecule has 2 rings (SSSR count). The average Bonchev–Trinajstić information content (AvgIpc) is 3.13. The predicted octanol–water partition coefficient (Wildman–Crippen LogP) is 0.781. The van der Waals surface area contributed by atoms with E-state index in [4.69, 9.17) is 0 Å². The molecule has 3 N–H and O–H groups in total. The van der Waals surface area contributed by atoms with E-state index in [9.17, 15) is 14.7 Å². The molecule has 0 spiro atoms. The van der Waals surface area contributed by atoms with Crippen molar-refractivity contribution in [1.29, 1.82) is 0 Å². The van der Waals surface area contributed by atoms with E-state index < -0.39 is 17.5 Å². The van der Waals surface area contributed by atoms with Crippen molar-refractivity contribution < 1.29 is 14.7 Å². The first-order valence-corrected chi connectivity index (χ1v) is 6.61. The van der Waals surface area contributed by atoms with E-state index in [1.54, 1.807) is 11.6 Å². The second kappa shape index (κ2) is 5.15. The molecule has 0 saturated heterocycles. The molecular weight excluding hydrogens is 260 g/mol. The summed E-state index contributed by atoms with van der Waals surface area (Å²) in [5.74, 6) is -0.974. The van der Waals surface area contributed by atoms with Crippen molar-refractivity contribution in [3.8, 4) is 0 Å². The molecule has 1 heterocycles. The first-order chi connectivity index (χ1) is 9.33. The molecule has 1 aliphatic rings. The molecule has 1 aromatic rings. The van der Waals surface area contributed by atoms with Crippen molar-refractivity contribution in [1.82, 2.24) is 20.4 Å². The fourth-order valence-corrected chi connectivity index (χ4v) is 2.27. The smallest absolute Gasteiger partial charge is 0.329 e. The second-order valence-electron chi connectivity index (χ2n) is 5.50. The van der Waals surface area contributed by atoms with Crippen LogP contribution in [-0.4, -0.2) is 32.4 Å². The number of aryl methyl sites for hydroxylation is 2. The number of rotatable bonds is 5. The van der Waals surface area contributed by atoms with Gasteiger partial charge in [0.05, 0.1) is 5.69 Å². The van der Waals surface area contributed by atoms with Gasteiger partial charge < -0.3 is 15.7 Å². The van der Waals surface area contributed by atoms with Gasteiger partial charge in [-0.25, -0.2) is 9.59 Å². The van der Waals surface area contributed by atoms with Gasteiger partial charge in [0.1, 0.15) is 5.54 Å². The Morgan fingerprint density at radius 3 is 2.65 bits per heavy atom. The van der Waals surface area contributed by atoms with Crippen LogP contribution in [0, 0.1) is 12.8 Å². The molecular formula is C13H20N4O3. The number of urea groups is 1. The Morgan fingerprint density at radius 1 is 1.55 bits per heavy atom. The van der Waals surface area contributed by atoms with E-state index in [1.807, 2.05) is 20.2 Å². The van der Waals surface area contributed by atoms with Crippen LogP contribution in [0.4, 0.5) is 4.79 Å². The summed E-state index contributed by atoms with van der Waals surface area (Å²) in [5.41, 5.74) is 0.565. The highest BCUT2D eigenvalue weighted by Gasteiger charge is 2.48. The van der Waals surface area contributed by atoms with Gasteiger partial charge in [0.25, 0.3) is 0 Å². The zero-order valence-corrected chi connectivity index (χ0v) is 11.9. The molecule has 0 radical (unpaired) electrons. The predicted molar refractivity (Wildman–Crippen MR) is 72.1 cm³/mol. The fourth-order valence-electron chi connectivity index (χ4n) is 2.27. The maximum absolute atomic E-state index is 11.9. The number of hydrogen-bond acceptors (Lipinski definition) is 3. The van der Waals surface area contributed by atoms with Crippen LogP contribution < -0.4 is 10.6 Å². The van der Waals surface area contributed by atoms with Gasteiger partial charge in [0.15, 0.2) is 0 Å². The minimum atomic E-state index is -1.19. The Balaban J connectivity index is 1.92. The number of hydrogen-bond donors (Lipinski definition) is 3. The van der Waals surface area contributed by atoms with Crippen LogP contribution in [0.5, 0.6) is 0 Å². The Morgan fingerprint density at radius 2 is 2.20 bits per heavy atom. The fraction of sp³-hybridized carbons (Fsp3) is 0.615. The number of nitrogens with zero attached hydrogens (tertiary/aromatic N) is 2. The Kier molecular flexibility index (Phi) is 3.69. The molecule has 20 heavy (non-hydrogen) atoms. The maximum atomic E-state index is 11.9. The first kappa shape index (κ1) is 14.4. The van der Waals surface area contributed by atoms with Crippen LogP contribution in [0.25, 0.3) is 0 Å². The highest BCUT2D eigenvalue weighted by molar-refractivity contribution is 5.86. The molecule has 0 aromatic carbocycles. The van der Waals surface area contributed by atoms with Gasteiger partial charge in [0, 0.05) is 25.4 Å². The summed E-state index contributed by atoms with van der Waals surface area (Å²) in [4.78, 5) is 23.2. The van der Waals surface area contributed by atoms with Gasteiger partial charge >= 0.3 is 12.0 Å². The number of nitrogens with one attached hydrogen (secondary N) is 2. The zero-order valence-electron chi connectivity index (χ0n) is 11.9. The SMILES string of the molecule is Cc1nn(C)cc1CNC(=O)NC(C)(C(=O)O)C1CC1. The van der Waals surface area contributed by atoms with Crippen LogP contribution in [0.15, 0.2) is 6.20 Å². The third-order valence-corrected chi connectivity index (χ3v) is 3.77. The number of carboxylic acid groups (broad SMARTS) is 1. The third-order valence-electron chi connectivity index (χ3n) is 3.77. The van der Waals surface area contributed by atoms with E-state index in [-0.39, 0.29) is 5.92 Å². The van der Waals surface area contributed by atoms with Gasteiger partial charge in [-0.05, 0) is 32.6 Å². The second-order valence-corrected chi connectivity index (χ2v) is 5.50. The lowest BCUT2D eigenvalue weighted by atomic mass is 9.96. The van der Waals surface area contributed by atoms with E-state index in [1.165, 1.54) is 0 Å². The summed E-state index contributed by atoms with van der Waals surface area (Å²) in [7, 11) is 1.81. The molecule has 1 unspecified atom stereocenters. The summed E-state index contributed by atoms with van der Waals surface area (Å²) in [5, 5.41) is 18.7. The highest BCUT2D eigenvalue weighted by Crippen LogP contribution is 2.39. The zero-order chi connectivity index (χ0) is 14.9. The normalized spacial score (nSPS) is 17.4. The standard InChI is InChI=1S/C13H20N4O3/c1-8-9(7-17(3)16-8)6-14-12(20)15-13(2,11(18)19)10-4-5-10/h7,10H,4-6H2,1-3H3,(H,18,19)(H2,14,15,20). The molecule has 0 bridgehead atoms. The lowest BCUT2D eigenvalue weighted by Crippen LogP contribution is -2.56. The largest absolute Gasteiger partial charge is 0.480 e. The van der Waals surface area contributed by atoms with Crippen molar-refractivity contribution in [2.24, 2.45) is 13.0 Å². The summed E-state index contributed by atoms with van der Waals surface area (Å²) in [6, 6.07) is -0.468. The summed E-state index contributed by atoms with van der Waals surface area (Å²) in [6.07, 6.45) is 3.50. The van der Waals surface area contributed by atoms with E-state index >= 15 is 0 Å². The van der Waals surface area contributed by atoms with Crippen LogP contribution in [0.2, 0.25) is 0 Å². The number of amides is 2. The monoisotopic (exact) mass is 280 g/mol. The van der Waals surface area contributed by atoms with Crippen molar-refractivity contribution in [2.45, 2.75) is 38.8 Å². The van der Waals surface area contributed by atoms with Gasteiger partial charge in [-0.3, -0.25) is 4.68 Å². The molecule has 1 atom stereocenters. The molecule has 1 aromatic heterocycles. The number of carboxylic acids is 1. The third kappa shape index (κ3) is 2.92. The molecule has 7 nitrogen and oxygen atoms in total. The van der Waals surface area contributed by atoms with Crippen LogP contribution >= 0.6 is 0 Å². The first-order valence-electron chi connectivity index (χ1n) is 6.61. The molecule has 2 amide bonds. The van der Waals surface area contributed by atoms with Crippen molar-refractivity contribution >= 4 is 12.0 Å². The van der Waals surface area contributed by atoms with Gasteiger partial charge in [-0.1, -0.05) is 0 Å². The number of carbonyl (C=O) groups excluding carboxylic acids is 1. The van der Waals surface area contributed by atoms with E-state index in [2.05, 4.69) is 15.7 Å². The minimum Gasteiger partial charge on any atom is -0.480 e. The van der Waals surface area contributed by atoms with Crippen molar-refractivity contribution in [3.63, 3.8) is 0 Å².